The van der Waals surface area contributed by atoms with Crippen molar-refractivity contribution in [3.63, 3.8) is 0 Å². The van der Waals surface area contributed by atoms with Gasteiger partial charge in [-0.2, -0.15) is 8.42 Å². The fourth-order valence-electron chi connectivity index (χ4n) is 2.15. The molecule has 0 aliphatic rings. The van der Waals surface area contributed by atoms with Gasteiger partial charge in [0.2, 0.25) is 5.88 Å². The number of hydrogen-bond acceptors (Lipinski definition) is 6. The second kappa shape index (κ2) is 7.12. The zero-order valence-corrected chi connectivity index (χ0v) is 18.8. The van der Waals surface area contributed by atoms with E-state index in [-0.39, 0.29) is 16.5 Å². The molecule has 0 unspecified atom stereocenters. The fourth-order valence-corrected chi connectivity index (χ4v) is 5.37. The van der Waals surface area contributed by atoms with E-state index in [1.807, 2.05) is 0 Å². The van der Waals surface area contributed by atoms with Gasteiger partial charge in [-0.3, -0.25) is 4.55 Å². The van der Waals surface area contributed by atoms with Crippen molar-refractivity contribution in [1.82, 2.24) is 5.16 Å². The third kappa shape index (κ3) is 3.86. The van der Waals surface area contributed by atoms with Crippen molar-refractivity contribution in [2.75, 3.05) is 5.32 Å². The first-order valence-corrected chi connectivity index (χ1v) is 11.3. The summed E-state index contributed by atoms with van der Waals surface area (Å²) in [7, 11) is -4.51. The van der Waals surface area contributed by atoms with Crippen LogP contribution in [-0.2, 0) is 10.1 Å². The minimum absolute atomic E-state index is 0.178. The van der Waals surface area contributed by atoms with Crippen LogP contribution in [-0.4, -0.2) is 18.1 Å². The largest absolute Gasteiger partial charge is 0.337 e. The van der Waals surface area contributed by atoms with E-state index in [0.29, 0.717) is 20.6 Å². The van der Waals surface area contributed by atoms with Crippen LogP contribution in [0.3, 0.4) is 0 Å². The average Bonchev–Trinajstić information content (AvgIpc) is 3.03. The predicted octanol–water partition coefficient (Wildman–Crippen LogP) is 5.99. The first-order chi connectivity index (χ1) is 11.7. The van der Waals surface area contributed by atoms with Crippen molar-refractivity contribution in [1.29, 1.82) is 0 Å². The number of halogens is 3. The quantitative estimate of drug-likeness (QED) is 0.373. The molecule has 25 heavy (non-hydrogen) atoms. The maximum absolute atomic E-state index is 12.1. The monoisotopic (exact) mass is 570 g/mol. The summed E-state index contributed by atoms with van der Waals surface area (Å²) in [6, 6.07) is 6.62. The first-order valence-electron chi connectivity index (χ1n) is 6.63. The number of nitrogens with one attached hydrogen (secondary N) is 1. The summed E-state index contributed by atoms with van der Waals surface area (Å²) in [6.07, 6.45) is 0. The normalized spacial score (nSPS) is 11.7. The van der Waals surface area contributed by atoms with Crippen LogP contribution in [0.4, 0.5) is 11.6 Å². The highest BCUT2D eigenvalue weighted by Crippen LogP contribution is 2.43. The van der Waals surface area contributed by atoms with Gasteiger partial charge in [0.05, 0.1) is 15.2 Å². The molecule has 1 aromatic carbocycles. The van der Waals surface area contributed by atoms with E-state index in [2.05, 4.69) is 58.3 Å². The molecule has 0 fully saturated rings. The molecule has 0 amide bonds. The number of hydrogen-bond donors (Lipinski definition) is 2. The van der Waals surface area contributed by atoms with Crippen LogP contribution in [0, 0.1) is 6.92 Å². The third-order valence-electron chi connectivity index (χ3n) is 3.22. The summed E-state index contributed by atoms with van der Waals surface area (Å²) >= 11 is 11.4. The number of benzene rings is 1. The van der Waals surface area contributed by atoms with E-state index in [1.54, 1.807) is 25.1 Å². The van der Waals surface area contributed by atoms with Gasteiger partial charge in [0.15, 0.2) is 0 Å². The smallest absolute Gasteiger partial charge is 0.297 e. The molecule has 0 aliphatic heterocycles. The van der Waals surface area contributed by atoms with E-state index in [9.17, 15) is 13.0 Å². The molecule has 2 aromatic heterocycles. The van der Waals surface area contributed by atoms with Gasteiger partial charge in [-0.25, -0.2) is 0 Å². The minimum atomic E-state index is -4.51. The Balaban J connectivity index is 2.19. The van der Waals surface area contributed by atoms with Crippen molar-refractivity contribution in [2.24, 2.45) is 0 Å². The molecule has 0 atom stereocenters. The van der Waals surface area contributed by atoms with Crippen molar-refractivity contribution in [3.8, 4) is 10.4 Å². The standard InChI is InChI=1S/C14H9Br3N2O4S2/c1-6-11(16)14(23-19-6)18-9-4-2-3-7(12(9)25(20,21)22)10-5-8(15)13(17)24-10/h2-5,18H,1H3,(H,20,21,22). The van der Waals surface area contributed by atoms with Gasteiger partial charge in [-0.15, -0.1) is 11.3 Å². The molecule has 2 heterocycles. The summed E-state index contributed by atoms with van der Waals surface area (Å²) in [5.74, 6) is 0.244. The molecule has 2 N–H and O–H groups in total. The lowest BCUT2D eigenvalue weighted by Gasteiger charge is -2.12. The summed E-state index contributed by atoms with van der Waals surface area (Å²) in [5, 5.41) is 6.66. The van der Waals surface area contributed by atoms with E-state index < -0.39 is 10.1 Å². The zero-order valence-electron chi connectivity index (χ0n) is 12.4. The molecule has 6 nitrogen and oxygen atoms in total. The lowest BCUT2D eigenvalue weighted by atomic mass is 10.1. The second-order valence-corrected chi connectivity index (χ2v) is 10.3. The Kier molecular flexibility index (Phi) is 5.43. The summed E-state index contributed by atoms with van der Waals surface area (Å²) in [4.78, 5) is 0.431. The van der Waals surface area contributed by atoms with Crippen LogP contribution in [0.25, 0.3) is 10.4 Å². The fraction of sp³-hybridized carbons (Fsp3) is 0.0714. The highest BCUT2D eigenvalue weighted by molar-refractivity contribution is 9.13. The van der Waals surface area contributed by atoms with E-state index in [1.165, 1.54) is 17.4 Å². The molecule has 3 rings (SSSR count). The van der Waals surface area contributed by atoms with Gasteiger partial charge in [0.1, 0.15) is 9.37 Å². The zero-order chi connectivity index (χ0) is 18.4. The third-order valence-corrected chi connectivity index (χ3v) is 8.40. The average molecular weight is 573 g/mol. The van der Waals surface area contributed by atoms with Crippen LogP contribution in [0.2, 0.25) is 0 Å². The topological polar surface area (TPSA) is 92.4 Å². The Morgan fingerprint density at radius 1 is 1.28 bits per heavy atom. The van der Waals surface area contributed by atoms with Gasteiger partial charge in [0.25, 0.3) is 10.1 Å². The van der Waals surface area contributed by atoms with Crippen molar-refractivity contribution in [3.05, 3.63) is 42.7 Å². The Hall–Kier alpha value is -0.720. The second-order valence-electron chi connectivity index (χ2n) is 4.93. The summed E-state index contributed by atoms with van der Waals surface area (Å²) in [5.41, 5.74) is 1.16. The lowest BCUT2D eigenvalue weighted by molar-refractivity contribution is 0.429. The molecule has 0 radical (unpaired) electrons. The van der Waals surface area contributed by atoms with Gasteiger partial charge in [0, 0.05) is 14.9 Å². The molecule has 11 heteroatoms. The molecule has 0 saturated heterocycles. The number of aromatic nitrogens is 1. The van der Waals surface area contributed by atoms with Gasteiger partial charge in [-0.1, -0.05) is 17.3 Å². The molecule has 3 aromatic rings. The Labute approximate surface area is 172 Å². The van der Waals surface area contributed by atoms with Crippen molar-refractivity contribution >= 4 is 80.8 Å². The van der Waals surface area contributed by atoms with Crippen LogP contribution >= 0.6 is 59.1 Å². The minimum Gasteiger partial charge on any atom is -0.337 e. The predicted molar refractivity (Wildman–Crippen MR) is 107 cm³/mol. The molecular formula is C14H9Br3N2O4S2. The molecule has 132 valence electrons. The van der Waals surface area contributed by atoms with E-state index in [0.717, 1.165) is 8.26 Å². The van der Waals surface area contributed by atoms with Crippen LogP contribution in [0.1, 0.15) is 5.69 Å². The van der Waals surface area contributed by atoms with Gasteiger partial charge in [-0.05, 0) is 66.8 Å². The molecule has 0 aliphatic carbocycles. The summed E-state index contributed by atoms with van der Waals surface area (Å²) in [6.45, 7) is 1.74. The number of rotatable bonds is 4. The maximum atomic E-state index is 12.1. The van der Waals surface area contributed by atoms with Crippen molar-refractivity contribution in [2.45, 2.75) is 11.8 Å². The van der Waals surface area contributed by atoms with E-state index >= 15 is 0 Å². The summed E-state index contributed by atoms with van der Waals surface area (Å²) < 4.78 is 41.2. The van der Waals surface area contributed by atoms with Crippen LogP contribution in [0.15, 0.2) is 46.4 Å². The van der Waals surface area contributed by atoms with Crippen molar-refractivity contribution < 1.29 is 17.5 Å². The Bertz CT molecular complexity index is 1040. The highest BCUT2D eigenvalue weighted by atomic mass is 79.9. The highest BCUT2D eigenvalue weighted by Gasteiger charge is 2.24. The van der Waals surface area contributed by atoms with Crippen LogP contribution < -0.4 is 5.32 Å². The molecule has 0 bridgehead atoms. The Morgan fingerprint density at radius 3 is 2.52 bits per heavy atom. The van der Waals surface area contributed by atoms with Crippen LogP contribution in [0.5, 0.6) is 0 Å². The number of thiophene rings is 1. The Morgan fingerprint density at radius 2 is 2.00 bits per heavy atom. The maximum Gasteiger partial charge on any atom is 0.297 e. The molecule has 0 saturated carbocycles. The van der Waals surface area contributed by atoms with Gasteiger partial charge >= 0.3 is 0 Å². The van der Waals surface area contributed by atoms with E-state index in [4.69, 9.17) is 4.52 Å². The number of nitrogens with zero attached hydrogens (tertiary/aromatic N) is 1. The molecule has 0 spiro atoms. The number of anilines is 2. The SMILES string of the molecule is Cc1noc(Nc2cccc(-c3cc(Br)c(Br)s3)c2S(=O)(=O)O)c1Br. The first kappa shape index (κ1) is 19.1. The van der Waals surface area contributed by atoms with Gasteiger partial charge < -0.3 is 9.84 Å². The molecular weight excluding hydrogens is 564 g/mol. The lowest BCUT2D eigenvalue weighted by Crippen LogP contribution is -2.05. The number of aryl methyl sites for hydroxylation is 1.